The molecule has 0 saturated carbocycles. The summed E-state index contributed by atoms with van der Waals surface area (Å²) in [4.78, 5) is 19.9. The number of likely N-dealkylation sites (tertiary alicyclic amines) is 1. The largest absolute Gasteiger partial charge is 0.497 e. The first kappa shape index (κ1) is 25.8. The van der Waals surface area contributed by atoms with Crippen molar-refractivity contribution in [1.29, 1.82) is 0 Å². The fourth-order valence-electron chi connectivity index (χ4n) is 4.38. The second kappa shape index (κ2) is 11.7. The highest BCUT2D eigenvalue weighted by Crippen LogP contribution is 2.33. The van der Waals surface area contributed by atoms with Crippen LogP contribution in [0, 0.1) is 12.8 Å². The van der Waals surface area contributed by atoms with Gasteiger partial charge in [-0.25, -0.2) is 0 Å². The molecule has 2 heterocycles. The molecule has 0 aliphatic carbocycles. The molecule has 1 amide bonds. The number of ether oxygens (including phenoxy) is 2. The van der Waals surface area contributed by atoms with E-state index in [0.717, 1.165) is 37.2 Å². The van der Waals surface area contributed by atoms with Crippen molar-refractivity contribution in [2.24, 2.45) is 5.92 Å². The summed E-state index contributed by atoms with van der Waals surface area (Å²) in [5, 5.41) is 7.66. The normalized spacial score (nSPS) is 14.3. The summed E-state index contributed by atoms with van der Waals surface area (Å²) in [6, 6.07) is 20.5. The molecule has 8 nitrogen and oxygen atoms in total. The summed E-state index contributed by atoms with van der Waals surface area (Å²) >= 11 is 6.22. The van der Waals surface area contributed by atoms with Crippen LogP contribution in [0.1, 0.15) is 24.3 Å². The van der Waals surface area contributed by atoms with Crippen LogP contribution in [0.15, 0.2) is 71.3 Å². The maximum atomic E-state index is 13.1. The van der Waals surface area contributed by atoms with Crippen molar-refractivity contribution in [3.63, 3.8) is 0 Å². The third-order valence-electron chi connectivity index (χ3n) is 6.58. The Kier molecular flexibility index (Phi) is 7.91. The fourth-order valence-corrected chi connectivity index (χ4v) is 4.55. The first-order valence-electron chi connectivity index (χ1n) is 12.5. The highest BCUT2D eigenvalue weighted by atomic mass is 35.5. The van der Waals surface area contributed by atoms with Crippen molar-refractivity contribution in [2.75, 3.05) is 25.5 Å². The number of piperidine rings is 1. The molecule has 196 valence electrons. The van der Waals surface area contributed by atoms with Crippen LogP contribution in [0.25, 0.3) is 11.4 Å². The Labute approximate surface area is 226 Å². The van der Waals surface area contributed by atoms with Crippen molar-refractivity contribution in [3.05, 3.63) is 83.2 Å². The minimum Gasteiger partial charge on any atom is -0.497 e. The molecule has 0 unspecified atom stereocenters. The molecule has 1 aliphatic heterocycles. The van der Waals surface area contributed by atoms with Crippen LogP contribution in [0.3, 0.4) is 0 Å². The van der Waals surface area contributed by atoms with E-state index < -0.39 is 0 Å². The number of benzene rings is 3. The number of methoxy groups -OCH3 is 1. The second-order valence-corrected chi connectivity index (χ2v) is 9.77. The molecule has 1 saturated heterocycles. The van der Waals surface area contributed by atoms with Gasteiger partial charge in [0, 0.05) is 16.5 Å². The van der Waals surface area contributed by atoms with Gasteiger partial charge in [0.1, 0.15) is 11.5 Å². The van der Waals surface area contributed by atoms with Gasteiger partial charge < -0.3 is 19.3 Å². The lowest BCUT2D eigenvalue weighted by atomic mass is 9.96. The summed E-state index contributed by atoms with van der Waals surface area (Å²) in [5.74, 6) is 2.87. The number of aryl methyl sites for hydroxylation is 1. The van der Waals surface area contributed by atoms with E-state index in [0.29, 0.717) is 40.5 Å². The van der Waals surface area contributed by atoms with E-state index in [1.165, 1.54) is 5.56 Å². The molecular weight excluding hydrogens is 504 g/mol. The molecule has 1 fully saturated rings. The first-order valence-corrected chi connectivity index (χ1v) is 12.9. The minimum absolute atomic E-state index is 0.0501. The molecule has 3 aromatic carbocycles. The molecule has 1 aliphatic rings. The quantitative estimate of drug-likeness (QED) is 0.283. The van der Waals surface area contributed by atoms with Gasteiger partial charge in [-0.3, -0.25) is 9.69 Å². The predicted molar refractivity (Wildman–Crippen MR) is 146 cm³/mol. The molecule has 5 rings (SSSR count). The van der Waals surface area contributed by atoms with Crippen LogP contribution in [-0.4, -0.2) is 41.1 Å². The molecule has 9 heteroatoms. The van der Waals surface area contributed by atoms with Crippen molar-refractivity contribution in [1.82, 2.24) is 15.0 Å². The number of halogens is 1. The van der Waals surface area contributed by atoms with Crippen LogP contribution in [0.2, 0.25) is 5.02 Å². The van der Waals surface area contributed by atoms with E-state index in [-0.39, 0.29) is 11.8 Å². The standard InChI is InChI=1S/C29H29ClN4O4/c1-19-3-5-20(6-4-19)28-32-27(38-33-28)18-34-15-13-21(14-16-34)29(35)31-25-17-22(30)7-12-26(25)37-24-10-8-23(36-2)9-11-24/h3-12,17,21H,13-16,18H2,1-2H3,(H,31,35). The lowest BCUT2D eigenvalue weighted by Gasteiger charge is -2.30. The number of amides is 1. The highest BCUT2D eigenvalue weighted by molar-refractivity contribution is 6.31. The molecule has 38 heavy (non-hydrogen) atoms. The van der Waals surface area contributed by atoms with Crippen LogP contribution >= 0.6 is 11.6 Å². The zero-order chi connectivity index (χ0) is 26.5. The van der Waals surface area contributed by atoms with Gasteiger partial charge >= 0.3 is 0 Å². The van der Waals surface area contributed by atoms with Gasteiger partial charge in [0.15, 0.2) is 5.75 Å². The lowest BCUT2D eigenvalue weighted by Crippen LogP contribution is -2.37. The Morgan fingerprint density at radius 1 is 1.05 bits per heavy atom. The van der Waals surface area contributed by atoms with E-state index in [2.05, 4.69) is 20.4 Å². The molecule has 0 bridgehead atoms. The zero-order valence-electron chi connectivity index (χ0n) is 21.3. The summed E-state index contributed by atoms with van der Waals surface area (Å²) in [6.07, 6.45) is 1.44. The Balaban J connectivity index is 1.16. The van der Waals surface area contributed by atoms with E-state index in [9.17, 15) is 4.79 Å². The minimum atomic E-state index is -0.120. The van der Waals surface area contributed by atoms with Crippen LogP contribution in [-0.2, 0) is 11.3 Å². The number of hydrogen-bond donors (Lipinski definition) is 1. The summed E-state index contributed by atoms with van der Waals surface area (Å²) in [6.45, 7) is 4.11. The molecule has 1 N–H and O–H groups in total. The first-order chi connectivity index (χ1) is 18.5. The lowest BCUT2D eigenvalue weighted by molar-refractivity contribution is -0.121. The van der Waals surface area contributed by atoms with Crippen molar-refractivity contribution < 1.29 is 18.8 Å². The van der Waals surface area contributed by atoms with Gasteiger partial charge in [-0.15, -0.1) is 0 Å². The van der Waals surface area contributed by atoms with Crippen molar-refractivity contribution in [2.45, 2.75) is 26.3 Å². The average Bonchev–Trinajstić information content (AvgIpc) is 3.40. The van der Waals surface area contributed by atoms with E-state index in [1.54, 1.807) is 25.3 Å². The average molecular weight is 533 g/mol. The topological polar surface area (TPSA) is 89.7 Å². The Morgan fingerprint density at radius 3 is 2.47 bits per heavy atom. The zero-order valence-corrected chi connectivity index (χ0v) is 22.1. The van der Waals surface area contributed by atoms with Crippen LogP contribution in [0.5, 0.6) is 17.2 Å². The summed E-state index contributed by atoms with van der Waals surface area (Å²) < 4.78 is 16.7. The number of aromatic nitrogens is 2. The van der Waals surface area contributed by atoms with E-state index in [4.69, 9.17) is 25.6 Å². The maximum Gasteiger partial charge on any atom is 0.241 e. The van der Waals surface area contributed by atoms with Gasteiger partial charge in [0.25, 0.3) is 0 Å². The predicted octanol–water partition coefficient (Wildman–Crippen LogP) is 6.35. The van der Waals surface area contributed by atoms with E-state index in [1.807, 2.05) is 55.5 Å². The fraction of sp³-hybridized carbons (Fsp3) is 0.276. The number of carbonyl (C=O) groups excluding carboxylic acids is 1. The van der Waals surface area contributed by atoms with Gasteiger partial charge in [-0.2, -0.15) is 4.98 Å². The summed E-state index contributed by atoms with van der Waals surface area (Å²) in [7, 11) is 1.61. The number of nitrogens with zero attached hydrogens (tertiary/aromatic N) is 3. The van der Waals surface area contributed by atoms with Crippen molar-refractivity contribution in [3.8, 4) is 28.6 Å². The van der Waals surface area contributed by atoms with Crippen LogP contribution < -0.4 is 14.8 Å². The van der Waals surface area contributed by atoms with Gasteiger partial charge in [-0.05, 0) is 75.3 Å². The van der Waals surface area contributed by atoms with Crippen LogP contribution in [0.4, 0.5) is 5.69 Å². The Hall–Kier alpha value is -3.88. The summed E-state index contributed by atoms with van der Waals surface area (Å²) in [5.41, 5.74) is 2.65. The third-order valence-corrected chi connectivity index (χ3v) is 6.82. The monoisotopic (exact) mass is 532 g/mol. The smallest absolute Gasteiger partial charge is 0.241 e. The number of nitrogens with one attached hydrogen (secondary N) is 1. The molecule has 1 aromatic heterocycles. The van der Waals surface area contributed by atoms with Gasteiger partial charge in [0.2, 0.25) is 17.6 Å². The Morgan fingerprint density at radius 2 is 1.76 bits per heavy atom. The Bertz CT molecular complexity index is 1380. The maximum absolute atomic E-state index is 13.1. The highest BCUT2D eigenvalue weighted by Gasteiger charge is 2.27. The van der Waals surface area contributed by atoms with Gasteiger partial charge in [-0.1, -0.05) is 46.6 Å². The van der Waals surface area contributed by atoms with E-state index >= 15 is 0 Å². The number of anilines is 1. The third kappa shape index (κ3) is 6.33. The number of rotatable bonds is 8. The molecule has 0 radical (unpaired) electrons. The second-order valence-electron chi connectivity index (χ2n) is 9.34. The molecule has 0 spiro atoms. The van der Waals surface area contributed by atoms with Crippen molar-refractivity contribution >= 4 is 23.2 Å². The molecular formula is C29H29ClN4O4. The number of carbonyl (C=O) groups is 1. The SMILES string of the molecule is COc1ccc(Oc2ccc(Cl)cc2NC(=O)C2CCN(Cc3nc(-c4ccc(C)cc4)no3)CC2)cc1. The molecule has 0 atom stereocenters. The molecule has 4 aromatic rings. The van der Waals surface area contributed by atoms with Gasteiger partial charge in [0.05, 0.1) is 19.3 Å². The number of hydrogen-bond acceptors (Lipinski definition) is 7.